The zero-order chi connectivity index (χ0) is 18.8. The highest BCUT2D eigenvalue weighted by molar-refractivity contribution is 5.96. The summed E-state index contributed by atoms with van der Waals surface area (Å²) in [5, 5.41) is 21.7. The number of aliphatic hydroxyl groups is 1. The monoisotopic (exact) mass is 368 g/mol. The second-order valence-electron chi connectivity index (χ2n) is 7.74. The van der Waals surface area contributed by atoms with Crippen molar-refractivity contribution in [3.8, 4) is 0 Å². The molecule has 2 saturated heterocycles. The molecule has 0 aromatic heterocycles. The van der Waals surface area contributed by atoms with Gasteiger partial charge in [-0.3, -0.25) is 15.0 Å². The molecule has 2 bridgehead atoms. The lowest BCUT2D eigenvalue weighted by Gasteiger charge is -2.37. The average molecular weight is 368 g/mol. The first-order chi connectivity index (χ1) is 13.0. The Bertz CT molecular complexity index is 890. The number of nitro groups is 1. The number of non-ortho nitro benzene ring substituents is 1. The van der Waals surface area contributed by atoms with E-state index in [9.17, 15) is 20.0 Å². The smallest absolute Gasteiger partial charge is 0.338 e. The second-order valence-corrected chi connectivity index (χ2v) is 7.74. The third-order valence-corrected chi connectivity index (χ3v) is 6.44. The lowest BCUT2D eigenvalue weighted by molar-refractivity contribution is -0.384. The fourth-order valence-corrected chi connectivity index (χ4v) is 5.25. The summed E-state index contributed by atoms with van der Waals surface area (Å²) in [7, 11) is 0. The van der Waals surface area contributed by atoms with Crippen molar-refractivity contribution in [1.29, 1.82) is 0 Å². The third-order valence-electron chi connectivity index (χ3n) is 6.44. The highest BCUT2D eigenvalue weighted by Crippen LogP contribution is 2.54. The molecule has 1 aromatic rings. The number of nitro benzene ring substituents is 1. The predicted molar refractivity (Wildman–Crippen MR) is 95.8 cm³/mol. The van der Waals surface area contributed by atoms with Gasteiger partial charge in [0.15, 0.2) is 5.60 Å². The number of ether oxygens (including phenoxy) is 1. The highest BCUT2D eigenvalue weighted by Gasteiger charge is 2.62. The zero-order valence-corrected chi connectivity index (χ0v) is 14.7. The predicted octanol–water partition coefficient (Wildman–Crippen LogP) is 2.42. The van der Waals surface area contributed by atoms with Crippen molar-refractivity contribution in [2.75, 3.05) is 6.54 Å². The molecule has 3 aliphatic heterocycles. The maximum absolute atomic E-state index is 12.8. The lowest BCUT2D eigenvalue weighted by atomic mass is 9.78. The Labute approximate surface area is 156 Å². The third kappa shape index (κ3) is 2.25. The Balaban J connectivity index is 1.56. The van der Waals surface area contributed by atoms with Gasteiger partial charge in [0.1, 0.15) is 6.10 Å². The van der Waals surface area contributed by atoms with Crippen molar-refractivity contribution in [2.24, 2.45) is 0 Å². The number of rotatable bonds is 3. The first-order valence-corrected chi connectivity index (χ1v) is 9.35. The van der Waals surface area contributed by atoms with Crippen molar-refractivity contribution >= 4 is 11.7 Å². The fourth-order valence-electron chi connectivity index (χ4n) is 5.25. The first-order valence-electron chi connectivity index (χ1n) is 9.35. The Hall–Kier alpha value is -2.51. The molecule has 0 saturated carbocycles. The Morgan fingerprint density at radius 1 is 1.30 bits per heavy atom. The van der Waals surface area contributed by atoms with E-state index in [4.69, 9.17) is 4.74 Å². The van der Waals surface area contributed by atoms with Crippen molar-refractivity contribution in [1.82, 2.24) is 4.90 Å². The van der Waals surface area contributed by atoms with Gasteiger partial charge >= 0.3 is 5.97 Å². The van der Waals surface area contributed by atoms with Crippen LogP contribution in [0.4, 0.5) is 5.69 Å². The van der Waals surface area contributed by atoms with E-state index in [0.29, 0.717) is 5.56 Å². The molecule has 0 radical (unpaired) electrons. The van der Waals surface area contributed by atoms with Gasteiger partial charge in [0.25, 0.3) is 5.69 Å². The van der Waals surface area contributed by atoms with Gasteiger partial charge in [0.05, 0.1) is 16.5 Å². The maximum Gasteiger partial charge on any atom is 0.338 e. The summed E-state index contributed by atoms with van der Waals surface area (Å²) in [4.78, 5) is 25.6. The molecule has 3 heterocycles. The molecule has 4 aliphatic rings. The zero-order valence-electron chi connectivity index (χ0n) is 14.7. The van der Waals surface area contributed by atoms with Crippen LogP contribution in [0.25, 0.3) is 0 Å². The number of fused-ring (bicyclic) bond motifs is 3. The van der Waals surface area contributed by atoms with Gasteiger partial charge in [0, 0.05) is 30.2 Å². The van der Waals surface area contributed by atoms with Crippen molar-refractivity contribution in [3.63, 3.8) is 0 Å². The van der Waals surface area contributed by atoms with Crippen LogP contribution in [-0.2, 0) is 9.53 Å². The van der Waals surface area contributed by atoms with Crippen LogP contribution in [0.1, 0.15) is 37.4 Å². The molecule has 1 spiro atoms. The van der Waals surface area contributed by atoms with E-state index in [-0.39, 0.29) is 23.3 Å². The number of carbonyl (C=O) groups is 1. The van der Waals surface area contributed by atoms with Crippen molar-refractivity contribution < 1.29 is 19.6 Å². The molecule has 0 unspecified atom stereocenters. The average Bonchev–Trinajstić information content (AvgIpc) is 3.12. The molecule has 5 rings (SSSR count). The van der Waals surface area contributed by atoms with Crippen LogP contribution in [0.5, 0.6) is 0 Å². The second kappa shape index (κ2) is 5.74. The molecular weight excluding hydrogens is 348 g/mol. The molecule has 7 heteroatoms. The lowest BCUT2D eigenvalue weighted by Crippen LogP contribution is -2.48. The van der Waals surface area contributed by atoms with Crippen LogP contribution in [0.3, 0.4) is 0 Å². The van der Waals surface area contributed by atoms with Gasteiger partial charge in [-0.15, -0.1) is 0 Å². The summed E-state index contributed by atoms with van der Waals surface area (Å²) < 4.78 is 5.96. The van der Waals surface area contributed by atoms with E-state index in [1.54, 1.807) is 0 Å². The minimum absolute atomic E-state index is 0.0527. The molecule has 1 aromatic carbocycles. The van der Waals surface area contributed by atoms with Gasteiger partial charge in [0.2, 0.25) is 0 Å². The molecule has 0 amide bonds. The molecule has 1 aliphatic carbocycles. The van der Waals surface area contributed by atoms with Crippen molar-refractivity contribution in [3.05, 3.63) is 63.2 Å². The minimum atomic E-state index is -1.16. The van der Waals surface area contributed by atoms with Crippen LogP contribution >= 0.6 is 0 Å². The number of esters is 1. The number of nitrogens with zero attached hydrogens (tertiary/aromatic N) is 2. The summed E-state index contributed by atoms with van der Waals surface area (Å²) in [6.07, 6.45) is 6.89. The largest absolute Gasteiger partial charge is 0.449 e. The summed E-state index contributed by atoms with van der Waals surface area (Å²) >= 11 is 0. The Kier molecular flexibility index (Phi) is 3.54. The van der Waals surface area contributed by atoms with Crippen LogP contribution in [0.2, 0.25) is 0 Å². The number of hydrogen-bond donors (Lipinski definition) is 1. The summed E-state index contributed by atoms with van der Waals surface area (Å²) in [5.74, 6) is -0.478. The number of hydrogen-bond acceptors (Lipinski definition) is 6. The van der Waals surface area contributed by atoms with Gasteiger partial charge < -0.3 is 9.84 Å². The normalized spacial score (nSPS) is 32.9. The highest BCUT2D eigenvalue weighted by atomic mass is 16.6. The minimum Gasteiger partial charge on any atom is -0.449 e. The number of piperidine rings is 1. The molecule has 1 N–H and O–H groups in total. The number of benzene rings is 1. The number of aliphatic hydroxyl groups excluding tert-OH is 1. The standard InChI is InChI=1S/C20H20N2O5/c23-18(12-4-6-13(7-5-12)22(25)26)17-15-9-8-14-11-20(15,27-19(17)24)16-3-1-2-10-21(14)16/h4-9,14,16,18,23H,1-3,10-11H2/t14-,16-,18-,20+/m1/s1. The van der Waals surface area contributed by atoms with Crippen LogP contribution in [0, 0.1) is 10.1 Å². The molecule has 7 nitrogen and oxygen atoms in total. The van der Waals surface area contributed by atoms with Crippen LogP contribution < -0.4 is 0 Å². The van der Waals surface area contributed by atoms with Gasteiger partial charge in [-0.05, 0) is 37.1 Å². The van der Waals surface area contributed by atoms with Gasteiger partial charge in [-0.2, -0.15) is 0 Å². The van der Waals surface area contributed by atoms with E-state index in [2.05, 4.69) is 11.0 Å². The Morgan fingerprint density at radius 3 is 2.81 bits per heavy atom. The molecule has 4 atom stereocenters. The van der Waals surface area contributed by atoms with Crippen LogP contribution in [-0.4, -0.2) is 45.1 Å². The maximum atomic E-state index is 12.8. The molecule has 27 heavy (non-hydrogen) atoms. The quantitative estimate of drug-likeness (QED) is 0.500. The van der Waals surface area contributed by atoms with Crippen molar-refractivity contribution in [2.45, 2.75) is 49.5 Å². The summed E-state index contributed by atoms with van der Waals surface area (Å²) in [6.45, 7) is 1.01. The van der Waals surface area contributed by atoms with E-state index >= 15 is 0 Å². The molecule has 140 valence electrons. The topological polar surface area (TPSA) is 92.9 Å². The van der Waals surface area contributed by atoms with E-state index in [1.165, 1.54) is 24.3 Å². The SMILES string of the molecule is O=C1O[C@@]23C[C@@H](C=CC2=C1[C@H](O)c1ccc([N+](=O)[O-])cc1)N1CCCC[C@@H]13. The van der Waals surface area contributed by atoms with Gasteiger partial charge in [-0.1, -0.05) is 18.6 Å². The van der Waals surface area contributed by atoms with E-state index < -0.39 is 22.6 Å². The molecule has 2 fully saturated rings. The van der Waals surface area contributed by atoms with Crippen LogP contribution in [0.15, 0.2) is 47.6 Å². The van der Waals surface area contributed by atoms with Gasteiger partial charge in [-0.25, -0.2) is 4.79 Å². The van der Waals surface area contributed by atoms with E-state index in [1.807, 2.05) is 6.08 Å². The summed E-state index contributed by atoms with van der Waals surface area (Å²) in [6, 6.07) is 6.10. The Morgan fingerprint density at radius 2 is 2.07 bits per heavy atom. The first kappa shape index (κ1) is 16.6. The number of carbonyl (C=O) groups excluding carboxylic acids is 1. The fraction of sp³-hybridized carbons (Fsp3) is 0.450. The van der Waals surface area contributed by atoms with E-state index in [0.717, 1.165) is 37.8 Å². The summed E-state index contributed by atoms with van der Waals surface area (Å²) in [5.41, 5.74) is 0.790. The molecular formula is C20H20N2O5.